The van der Waals surface area contributed by atoms with Crippen molar-refractivity contribution in [3.63, 3.8) is 0 Å². The summed E-state index contributed by atoms with van der Waals surface area (Å²) in [7, 11) is 1.61. The van der Waals surface area contributed by atoms with Crippen LogP contribution >= 0.6 is 0 Å². The molecule has 1 aliphatic heterocycles. The second-order valence-corrected chi connectivity index (χ2v) is 8.07. The van der Waals surface area contributed by atoms with Gasteiger partial charge in [-0.3, -0.25) is 4.79 Å². The third-order valence-electron chi connectivity index (χ3n) is 5.78. The van der Waals surface area contributed by atoms with Crippen molar-refractivity contribution in [2.75, 3.05) is 33.4 Å². The lowest BCUT2D eigenvalue weighted by atomic mass is 10.0. The fourth-order valence-electron chi connectivity index (χ4n) is 4.15. The van der Waals surface area contributed by atoms with Crippen molar-refractivity contribution in [1.29, 1.82) is 0 Å². The fraction of sp³-hybridized carbons (Fsp3) is 0.400. The van der Waals surface area contributed by atoms with Gasteiger partial charge >= 0.3 is 0 Å². The van der Waals surface area contributed by atoms with Crippen molar-refractivity contribution in [2.45, 2.75) is 32.3 Å². The molecule has 1 fully saturated rings. The van der Waals surface area contributed by atoms with E-state index >= 15 is 0 Å². The average Bonchev–Trinajstić information content (AvgIpc) is 2.78. The summed E-state index contributed by atoms with van der Waals surface area (Å²) in [6.07, 6.45) is 3.09. The number of ether oxygens (including phenoxy) is 2. The van der Waals surface area contributed by atoms with E-state index < -0.39 is 6.10 Å². The predicted octanol–water partition coefficient (Wildman–Crippen LogP) is 4.00. The number of fused-ring (bicyclic) bond motifs is 1. The summed E-state index contributed by atoms with van der Waals surface area (Å²) in [6.45, 7) is 4.68. The number of aryl methyl sites for hydroxylation is 1. The normalized spacial score (nSPS) is 15.7. The highest BCUT2D eigenvalue weighted by atomic mass is 16.5. The standard InChI is InChI=1S/C25H29NO5/c1-17-24(18-6-8-20(29-2)9-7-18)25(28)22-11-10-21(14-23(22)31-17)30-16-19(27)15-26-12-4-3-5-13-26/h6-11,14,19,27H,3-5,12-13,15-16H2,1-2H3/t19-/m1/s1. The first-order chi connectivity index (χ1) is 15.0. The first-order valence-corrected chi connectivity index (χ1v) is 10.8. The number of piperidine rings is 1. The second-order valence-electron chi connectivity index (χ2n) is 8.07. The van der Waals surface area contributed by atoms with Gasteiger partial charge in [0.2, 0.25) is 5.43 Å². The van der Waals surface area contributed by atoms with E-state index in [0.717, 1.165) is 24.4 Å². The molecule has 1 N–H and O–H groups in total. The van der Waals surface area contributed by atoms with E-state index in [4.69, 9.17) is 13.9 Å². The minimum atomic E-state index is -0.556. The van der Waals surface area contributed by atoms with Crippen LogP contribution in [0.15, 0.2) is 51.7 Å². The number of methoxy groups -OCH3 is 1. The van der Waals surface area contributed by atoms with Gasteiger partial charge in [-0.15, -0.1) is 0 Å². The van der Waals surface area contributed by atoms with Gasteiger partial charge in [-0.05, 0) is 62.7 Å². The molecule has 2 heterocycles. The summed E-state index contributed by atoms with van der Waals surface area (Å²) < 4.78 is 17.0. The molecule has 1 aromatic heterocycles. The number of benzene rings is 2. The number of rotatable bonds is 7. The number of nitrogens with zero attached hydrogens (tertiary/aromatic N) is 1. The second kappa shape index (κ2) is 9.54. The molecule has 6 nitrogen and oxygen atoms in total. The van der Waals surface area contributed by atoms with Crippen LogP contribution in [0, 0.1) is 6.92 Å². The van der Waals surface area contributed by atoms with Crippen molar-refractivity contribution < 1.29 is 19.0 Å². The lowest BCUT2D eigenvalue weighted by molar-refractivity contribution is 0.0617. The molecular weight excluding hydrogens is 394 g/mol. The van der Waals surface area contributed by atoms with E-state index in [2.05, 4.69) is 4.90 Å². The molecule has 164 valence electrons. The maximum Gasteiger partial charge on any atom is 0.200 e. The van der Waals surface area contributed by atoms with Crippen LogP contribution in [-0.2, 0) is 0 Å². The summed E-state index contributed by atoms with van der Waals surface area (Å²) >= 11 is 0. The molecule has 1 aliphatic rings. The SMILES string of the molecule is COc1ccc(-c2c(C)oc3cc(OC[C@H](O)CN4CCCCC4)ccc3c2=O)cc1. The Bertz CT molecular complexity index is 1080. The highest BCUT2D eigenvalue weighted by Gasteiger charge is 2.17. The highest BCUT2D eigenvalue weighted by Crippen LogP contribution is 2.27. The van der Waals surface area contributed by atoms with Gasteiger partial charge in [0.25, 0.3) is 0 Å². The zero-order chi connectivity index (χ0) is 21.8. The molecule has 2 aromatic carbocycles. The number of β-amino-alcohol motifs (C(OH)–C–C–N with tert-alkyl or cyclic N) is 1. The van der Waals surface area contributed by atoms with Crippen LogP contribution in [0.3, 0.4) is 0 Å². The third-order valence-corrected chi connectivity index (χ3v) is 5.78. The number of aliphatic hydroxyl groups is 1. The van der Waals surface area contributed by atoms with Gasteiger partial charge in [0, 0.05) is 12.6 Å². The molecule has 0 saturated carbocycles. The molecule has 0 bridgehead atoms. The topological polar surface area (TPSA) is 72.1 Å². The Morgan fingerprint density at radius 2 is 1.77 bits per heavy atom. The van der Waals surface area contributed by atoms with Crippen LogP contribution in [0.1, 0.15) is 25.0 Å². The largest absolute Gasteiger partial charge is 0.497 e. The smallest absolute Gasteiger partial charge is 0.200 e. The molecule has 0 aliphatic carbocycles. The Morgan fingerprint density at radius 1 is 1.06 bits per heavy atom. The number of aliphatic hydroxyl groups excluding tert-OH is 1. The highest BCUT2D eigenvalue weighted by molar-refractivity contribution is 5.83. The molecule has 1 saturated heterocycles. The van der Waals surface area contributed by atoms with Crippen LogP contribution in [0.2, 0.25) is 0 Å². The molecule has 0 radical (unpaired) electrons. The molecular formula is C25H29NO5. The van der Waals surface area contributed by atoms with E-state index in [0.29, 0.717) is 34.6 Å². The Hall–Kier alpha value is -2.83. The van der Waals surface area contributed by atoms with E-state index in [1.165, 1.54) is 19.3 Å². The van der Waals surface area contributed by atoms with Gasteiger partial charge in [0.1, 0.15) is 35.6 Å². The van der Waals surface area contributed by atoms with Gasteiger partial charge in [-0.25, -0.2) is 0 Å². The number of likely N-dealkylation sites (tertiary alicyclic amines) is 1. The Kier molecular flexibility index (Phi) is 6.59. The zero-order valence-corrected chi connectivity index (χ0v) is 18.1. The number of hydrogen-bond donors (Lipinski definition) is 1. The first-order valence-electron chi connectivity index (χ1n) is 10.8. The molecule has 1 atom stereocenters. The molecule has 3 aromatic rings. The third kappa shape index (κ3) is 4.92. The van der Waals surface area contributed by atoms with E-state index in [1.54, 1.807) is 32.2 Å². The lowest BCUT2D eigenvalue weighted by Crippen LogP contribution is -2.38. The molecule has 31 heavy (non-hydrogen) atoms. The van der Waals surface area contributed by atoms with Crippen molar-refractivity contribution in [3.8, 4) is 22.6 Å². The molecule has 4 rings (SSSR count). The average molecular weight is 424 g/mol. The number of hydrogen-bond acceptors (Lipinski definition) is 6. The molecule has 6 heteroatoms. The van der Waals surface area contributed by atoms with Crippen molar-refractivity contribution in [3.05, 3.63) is 58.4 Å². The Labute approximate surface area is 182 Å². The van der Waals surface area contributed by atoms with Crippen LogP contribution in [0.4, 0.5) is 0 Å². The Balaban J connectivity index is 1.50. The van der Waals surface area contributed by atoms with E-state index in [-0.39, 0.29) is 12.0 Å². The molecule has 0 spiro atoms. The van der Waals surface area contributed by atoms with Crippen LogP contribution in [-0.4, -0.2) is 49.5 Å². The van der Waals surface area contributed by atoms with Gasteiger partial charge in [0.15, 0.2) is 0 Å². The van der Waals surface area contributed by atoms with Gasteiger partial charge < -0.3 is 23.9 Å². The van der Waals surface area contributed by atoms with Gasteiger partial charge in [-0.2, -0.15) is 0 Å². The van der Waals surface area contributed by atoms with E-state index in [1.807, 2.05) is 24.3 Å². The predicted molar refractivity (Wildman–Crippen MR) is 121 cm³/mol. The zero-order valence-electron chi connectivity index (χ0n) is 18.1. The monoisotopic (exact) mass is 423 g/mol. The summed E-state index contributed by atoms with van der Waals surface area (Å²) in [4.78, 5) is 15.4. The van der Waals surface area contributed by atoms with Crippen molar-refractivity contribution in [2.24, 2.45) is 0 Å². The van der Waals surface area contributed by atoms with Crippen molar-refractivity contribution in [1.82, 2.24) is 4.90 Å². The summed E-state index contributed by atoms with van der Waals surface area (Å²) in [5.74, 6) is 1.85. The fourth-order valence-corrected chi connectivity index (χ4v) is 4.15. The van der Waals surface area contributed by atoms with Crippen LogP contribution in [0.5, 0.6) is 11.5 Å². The van der Waals surface area contributed by atoms with Crippen LogP contribution in [0.25, 0.3) is 22.1 Å². The maximum atomic E-state index is 13.1. The minimum absolute atomic E-state index is 0.0828. The van der Waals surface area contributed by atoms with Crippen LogP contribution < -0.4 is 14.9 Å². The molecule has 0 amide bonds. The summed E-state index contributed by atoms with van der Waals surface area (Å²) in [6, 6.07) is 12.5. The van der Waals surface area contributed by atoms with Gasteiger partial charge in [-0.1, -0.05) is 18.6 Å². The van der Waals surface area contributed by atoms with Crippen molar-refractivity contribution >= 4 is 11.0 Å². The summed E-state index contributed by atoms with van der Waals surface area (Å²) in [5.41, 5.74) is 1.72. The maximum absolute atomic E-state index is 13.1. The Morgan fingerprint density at radius 3 is 2.48 bits per heavy atom. The summed E-state index contributed by atoms with van der Waals surface area (Å²) in [5, 5.41) is 10.8. The minimum Gasteiger partial charge on any atom is -0.497 e. The molecule has 0 unspecified atom stereocenters. The quantitative estimate of drug-likeness (QED) is 0.619. The first kappa shape index (κ1) is 21.4. The van der Waals surface area contributed by atoms with E-state index in [9.17, 15) is 9.90 Å². The van der Waals surface area contributed by atoms with Gasteiger partial charge in [0.05, 0.1) is 18.1 Å². The lowest BCUT2D eigenvalue weighted by Gasteiger charge is -2.28.